The fraction of sp³-hybridized carbons (Fsp3) is 0.500. The highest BCUT2D eigenvalue weighted by molar-refractivity contribution is 5.80. The van der Waals surface area contributed by atoms with Crippen LogP contribution in [0.3, 0.4) is 0 Å². The van der Waals surface area contributed by atoms with Gasteiger partial charge in [-0.2, -0.15) is 0 Å². The van der Waals surface area contributed by atoms with Crippen LogP contribution in [0.25, 0.3) is 0 Å². The molecule has 92 valence electrons. The average molecular weight is 233 g/mol. The summed E-state index contributed by atoms with van der Waals surface area (Å²) >= 11 is 0. The van der Waals surface area contributed by atoms with E-state index in [1.165, 1.54) is 11.1 Å². The van der Waals surface area contributed by atoms with Crippen molar-refractivity contribution >= 4 is 5.97 Å². The van der Waals surface area contributed by atoms with Gasteiger partial charge in [0.15, 0.2) is 0 Å². The Kier molecular flexibility index (Phi) is 3.48. The van der Waals surface area contributed by atoms with E-state index < -0.39 is 11.5 Å². The maximum atomic E-state index is 11.5. The maximum absolute atomic E-state index is 11.5. The third-order valence-electron chi connectivity index (χ3n) is 3.55. The van der Waals surface area contributed by atoms with E-state index in [4.69, 9.17) is 0 Å². The minimum Gasteiger partial charge on any atom is -0.480 e. The Morgan fingerprint density at radius 2 is 2.12 bits per heavy atom. The molecule has 0 spiro atoms. The molecule has 1 aliphatic rings. The van der Waals surface area contributed by atoms with Gasteiger partial charge in [0.1, 0.15) is 5.54 Å². The predicted octanol–water partition coefficient (Wildman–Crippen LogP) is 2.00. The van der Waals surface area contributed by atoms with Crippen LogP contribution in [0, 0.1) is 0 Å². The summed E-state index contributed by atoms with van der Waals surface area (Å²) in [5.41, 5.74) is 1.71. The number of fused-ring (bicyclic) bond motifs is 1. The van der Waals surface area contributed by atoms with Crippen molar-refractivity contribution in [2.75, 3.05) is 6.54 Å². The van der Waals surface area contributed by atoms with Gasteiger partial charge in [0.05, 0.1) is 0 Å². The van der Waals surface area contributed by atoms with Gasteiger partial charge in [-0.3, -0.25) is 4.79 Å². The molecule has 1 atom stereocenters. The molecule has 0 aliphatic heterocycles. The zero-order valence-electron chi connectivity index (χ0n) is 10.2. The van der Waals surface area contributed by atoms with E-state index in [-0.39, 0.29) is 0 Å². The van der Waals surface area contributed by atoms with Gasteiger partial charge in [0.2, 0.25) is 0 Å². The number of carboxylic acid groups (broad SMARTS) is 1. The molecule has 1 unspecified atom stereocenters. The van der Waals surface area contributed by atoms with Gasteiger partial charge >= 0.3 is 5.97 Å². The van der Waals surface area contributed by atoms with E-state index in [0.29, 0.717) is 12.8 Å². The first-order valence-corrected chi connectivity index (χ1v) is 6.23. The third kappa shape index (κ3) is 2.34. The van der Waals surface area contributed by atoms with E-state index in [2.05, 4.69) is 18.3 Å². The second-order valence-corrected chi connectivity index (χ2v) is 4.76. The molecule has 0 saturated carbocycles. The van der Waals surface area contributed by atoms with Crippen LogP contribution in [-0.2, 0) is 17.6 Å². The molecule has 1 aliphatic carbocycles. The second kappa shape index (κ2) is 4.88. The van der Waals surface area contributed by atoms with Crippen molar-refractivity contribution in [2.24, 2.45) is 0 Å². The van der Waals surface area contributed by atoms with Crippen LogP contribution in [0.5, 0.6) is 0 Å². The number of aryl methyl sites for hydroxylation is 1. The summed E-state index contributed by atoms with van der Waals surface area (Å²) in [7, 11) is 0. The summed E-state index contributed by atoms with van der Waals surface area (Å²) in [5, 5.41) is 12.7. The SMILES string of the molecule is CCCNC1(C(=O)O)CCc2ccccc2C1. The molecule has 3 nitrogen and oxygen atoms in total. The molecule has 0 amide bonds. The zero-order chi connectivity index (χ0) is 12.3. The standard InChI is InChI=1S/C14H19NO2/c1-2-9-15-14(13(16)17)8-7-11-5-3-4-6-12(11)10-14/h3-6,15H,2,7-10H2,1H3,(H,16,17). The van der Waals surface area contributed by atoms with Gasteiger partial charge < -0.3 is 10.4 Å². The monoisotopic (exact) mass is 233 g/mol. The summed E-state index contributed by atoms with van der Waals surface area (Å²) in [6.07, 6.45) is 3.08. The summed E-state index contributed by atoms with van der Waals surface area (Å²) < 4.78 is 0. The highest BCUT2D eigenvalue weighted by Gasteiger charge is 2.40. The minimum atomic E-state index is -0.760. The molecule has 0 bridgehead atoms. The van der Waals surface area contributed by atoms with E-state index in [9.17, 15) is 9.90 Å². The van der Waals surface area contributed by atoms with Crippen molar-refractivity contribution in [3.63, 3.8) is 0 Å². The molecular formula is C14H19NO2. The van der Waals surface area contributed by atoms with Crippen LogP contribution < -0.4 is 5.32 Å². The minimum absolute atomic E-state index is 0.596. The number of benzene rings is 1. The average Bonchev–Trinajstić information content (AvgIpc) is 2.36. The van der Waals surface area contributed by atoms with Gasteiger partial charge in [-0.25, -0.2) is 0 Å². The van der Waals surface area contributed by atoms with Gasteiger partial charge in [-0.15, -0.1) is 0 Å². The fourth-order valence-corrected chi connectivity index (χ4v) is 2.51. The first-order chi connectivity index (χ1) is 8.18. The molecule has 0 saturated heterocycles. The Labute approximate surface area is 102 Å². The van der Waals surface area contributed by atoms with E-state index in [1.54, 1.807) is 0 Å². The van der Waals surface area contributed by atoms with E-state index in [0.717, 1.165) is 19.4 Å². The van der Waals surface area contributed by atoms with Crippen molar-refractivity contribution in [2.45, 2.75) is 38.1 Å². The van der Waals surface area contributed by atoms with Gasteiger partial charge in [-0.05, 0) is 36.9 Å². The summed E-state index contributed by atoms with van der Waals surface area (Å²) in [5.74, 6) is -0.722. The number of carboxylic acids is 1. The highest BCUT2D eigenvalue weighted by atomic mass is 16.4. The third-order valence-corrected chi connectivity index (χ3v) is 3.55. The number of hydrogen-bond acceptors (Lipinski definition) is 2. The lowest BCUT2D eigenvalue weighted by molar-refractivity contribution is -0.145. The lowest BCUT2D eigenvalue weighted by Crippen LogP contribution is -2.55. The van der Waals surface area contributed by atoms with Crippen molar-refractivity contribution in [3.8, 4) is 0 Å². The molecule has 17 heavy (non-hydrogen) atoms. The quantitative estimate of drug-likeness (QED) is 0.836. The van der Waals surface area contributed by atoms with E-state index in [1.807, 2.05) is 18.2 Å². The second-order valence-electron chi connectivity index (χ2n) is 4.76. The molecule has 1 aromatic carbocycles. The normalized spacial score (nSPS) is 23.1. The lowest BCUT2D eigenvalue weighted by Gasteiger charge is -2.35. The topological polar surface area (TPSA) is 49.3 Å². The summed E-state index contributed by atoms with van der Waals surface area (Å²) in [6.45, 7) is 2.81. The smallest absolute Gasteiger partial charge is 0.324 e. The van der Waals surface area contributed by atoms with Crippen LogP contribution in [0.15, 0.2) is 24.3 Å². The summed E-state index contributed by atoms with van der Waals surface area (Å²) in [6, 6.07) is 8.14. The molecule has 0 fully saturated rings. The van der Waals surface area contributed by atoms with Gasteiger partial charge in [-0.1, -0.05) is 31.2 Å². The molecule has 0 radical (unpaired) electrons. The largest absolute Gasteiger partial charge is 0.480 e. The van der Waals surface area contributed by atoms with Crippen molar-refractivity contribution in [1.82, 2.24) is 5.32 Å². The molecule has 2 N–H and O–H groups in total. The Balaban J connectivity index is 2.24. The molecule has 1 aromatic rings. The Morgan fingerprint density at radius 1 is 1.41 bits per heavy atom. The molecular weight excluding hydrogens is 214 g/mol. The Hall–Kier alpha value is -1.35. The molecule has 2 rings (SSSR count). The number of nitrogens with one attached hydrogen (secondary N) is 1. The number of aliphatic carboxylic acids is 1. The lowest BCUT2D eigenvalue weighted by atomic mass is 9.78. The molecule has 3 heteroatoms. The van der Waals surface area contributed by atoms with Crippen LogP contribution >= 0.6 is 0 Å². The first-order valence-electron chi connectivity index (χ1n) is 6.23. The van der Waals surface area contributed by atoms with Gasteiger partial charge in [0.25, 0.3) is 0 Å². The first kappa shape index (κ1) is 12.1. The Morgan fingerprint density at radius 3 is 2.76 bits per heavy atom. The highest BCUT2D eigenvalue weighted by Crippen LogP contribution is 2.29. The van der Waals surface area contributed by atoms with E-state index >= 15 is 0 Å². The number of hydrogen-bond donors (Lipinski definition) is 2. The van der Waals surface area contributed by atoms with Crippen LogP contribution in [0.4, 0.5) is 0 Å². The van der Waals surface area contributed by atoms with Crippen molar-refractivity contribution in [1.29, 1.82) is 0 Å². The molecule has 0 heterocycles. The van der Waals surface area contributed by atoms with Crippen molar-refractivity contribution in [3.05, 3.63) is 35.4 Å². The molecule has 0 aromatic heterocycles. The van der Waals surface area contributed by atoms with Crippen LogP contribution in [-0.4, -0.2) is 23.2 Å². The zero-order valence-corrected chi connectivity index (χ0v) is 10.2. The van der Waals surface area contributed by atoms with Crippen LogP contribution in [0.1, 0.15) is 30.9 Å². The summed E-state index contributed by atoms with van der Waals surface area (Å²) in [4.78, 5) is 11.5. The fourth-order valence-electron chi connectivity index (χ4n) is 2.51. The van der Waals surface area contributed by atoms with Crippen LogP contribution in [0.2, 0.25) is 0 Å². The van der Waals surface area contributed by atoms with Crippen molar-refractivity contribution < 1.29 is 9.90 Å². The van der Waals surface area contributed by atoms with Gasteiger partial charge in [0, 0.05) is 6.42 Å². The Bertz CT molecular complexity index is 416. The maximum Gasteiger partial charge on any atom is 0.324 e. The number of rotatable bonds is 4. The number of carbonyl (C=O) groups is 1. The predicted molar refractivity (Wildman–Crippen MR) is 67.1 cm³/mol.